The number of hydrogen-bond acceptors (Lipinski definition) is 2. The van der Waals surface area contributed by atoms with Gasteiger partial charge in [-0.05, 0) is 17.3 Å². The largest absolute Gasteiger partial charge is 2.00 e. The van der Waals surface area contributed by atoms with Gasteiger partial charge in [0.2, 0.25) is 0 Å². The van der Waals surface area contributed by atoms with Crippen molar-refractivity contribution in [3.63, 3.8) is 0 Å². The van der Waals surface area contributed by atoms with Crippen LogP contribution in [-0.4, -0.2) is 17.5 Å². The van der Waals surface area contributed by atoms with Crippen molar-refractivity contribution in [2.75, 3.05) is 11.5 Å². The van der Waals surface area contributed by atoms with Crippen LogP contribution in [0.3, 0.4) is 0 Å². The Morgan fingerprint density at radius 1 is 1.64 bits per heavy atom. The molecule has 0 aromatic carbocycles. The molecule has 0 aromatic rings. The summed E-state index contributed by atoms with van der Waals surface area (Å²) in [5.41, 5.74) is 0. The molecule has 0 N–H and O–H groups in total. The maximum Gasteiger partial charge on any atom is 2.00 e. The SMILES string of the molecule is COC(=O)/C=C/CCCI.[Zn+2]. The first-order valence-corrected chi connectivity index (χ1v) is 4.64. The van der Waals surface area contributed by atoms with E-state index in [9.17, 15) is 4.79 Å². The van der Waals surface area contributed by atoms with E-state index in [2.05, 4.69) is 27.3 Å². The number of alkyl halides is 1. The minimum atomic E-state index is -0.270. The van der Waals surface area contributed by atoms with Crippen LogP contribution in [0, 0.1) is 0 Å². The van der Waals surface area contributed by atoms with Gasteiger partial charge in [-0.15, -0.1) is 0 Å². The molecular weight excluding hydrogens is 308 g/mol. The standard InChI is InChI=1S/C7H11IO2.Zn/c1-10-7(9)5-3-2-4-6-8;/h3,5H,2,4,6H2,1H3;/q;+2/b5-3+;. The molecule has 0 heterocycles. The summed E-state index contributed by atoms with van der Waals surface area (Å²) >= 11 is 2.30. The van der Waals surface area contributed by atoms with Crippen LogP contribution in [0.4, 0.5) is 0 Å². The minimum Gasteiger partial charge on any atom is -0.466 e. The van der Waals surface area contributed by atoms with Gasteiger partial charge < -0.3 is 4.74 Å². The van der Waals surface area contributed by atoms with Crippen LogP contribution in [0.5, 0.6) is 0 Å². The van der Waals surface area contributed by atoms with Gasteiger partial charge in [0.05, 0.1) is 7.11 Å². The molecule has 0 radical (unpaired) electrons. The van der Waals surface area contributed by atoms with Crippen molar-refractivity contribution in [1.82, 2.24) is 0 Å². The molecule has 0 aliphatic rings. The fourth-order valence-corrected chi connectivity index (χ4v) is 0.883. The minimum absolute atomic E-state index is 0. The molecular formula is C7H11IO2Zn+2. The van der Waals surface area contributed by atoms with Crippen LogP contribution in [0.2, 0.25) is 0 Å². The average molecular weight is 319 g/mol. The van der Waals surface area contributed by atoms with E-state index in [0.29, 0.717) is 0 Å². The Morgan fingerprint density at radius 3 is 2.73 bits per heavy atom. The molecule has 0 bridgehead atoms. The number of carbonyl (C=O) groups excluding carboxylic acids is 1. The number of carbonyl (C=O) groups is 1. The van der Waals surface area contributed by atoms with Crippen LogP contribution in [0.15, 0.2) is 12.2 Å². The maximum atomic E-state index is 10.5. The molecule has 0 spiro atoms. The molecule has 0 aromatic heterocycles. The van der Waals surface area contributed by atoms with Crippen LogP contribution < -0.4 is 0 Å². The van der Waals surface area contributed by atoms with Crippen LogP contribution in [0.25, 0.3) is 0 Å². The van der Waals surface area contributed by atoms with Gasteiger partial charge in [-0.3, -0.25) is 0 Å². The summed E-state index contributed by atoms with van der Waals surface area (Å²) in [5, 5.41) is 0. The fraction of sp³-hybridized carbons (Fsp3) is 0.571. The van der Waals surface area contributed by atoms with Gasteiger partial charge in [0.25, 0.3) is 0 Å². The van der Waals surface area contributed by atoms with Crippen molar-refractivity contribution >= 4 is 28.6 Å². The number of halogens is 1. The van der Waals surface area contributed by atoms with E-state index in [1.165, 1.54) is 13.2 Å². The zero-order valence-electron chi connectivity index (χ0n) is 6.68. The fourth-order valence-electron chi connectivity index (χ4n) is 0.443. The summed E-state index contributed by atoms with van der Waals surface area (Å²) in [5.74, 6) is -0.270. The third-order valence-electron chi connectivity index (χ3n) is 0.960. The molecule has 11 heavy (non-hydrogen) atoms. The Bertz CT molecular complexity index is 126. The van der Waals surface area contributed by atoms with Crippen molar-refractivity contribution in [2.45, 2.75) is 12.8 Å². The summed E-state index contributed by atoms with van der Waals surface area (Å²) in [4.78, 5) is 10.5. The number of rotatable bonds is 4. The van der Waals surface area contributed by atoms with Crippen molar-refractivity contribution in [2.24, 2.45) is 0 Å². The van der Waals surface area contributed by atoms with Gasteiger partial charge in [-0.1, -0.05) is 28.7 Å². The number of esters is 1. The monoisotopic (exact) mass is 318 g/mol. The summed E-state index contributed by atoms with van der Waals surface area (Å²) in [7, 11) is 1.38. The molecule has 0 saturated carbocycles. The molecule has 2 nitrogen and oxygen atoms in total. The normalized spacial score (nSPS) is 9.27. The van der Waals surface area contributed by atoms with E-state index in [0.717, 1.165) is 17.3 Å². The summed E-state index contributed by atoms with van der Waals surface area (Å²) in [6.45, 7) is 0. The van der Waals surface area contributed by atoms with Gasteiger partial charge >= 0.3 is 25.4 Å². The molecule has 0 fully saturated rings. The van der Waals surface area contributed by atoms with E-state index >= 15 is 0 Å². The number of allylic oxidation sites excluding steroid dienone is 1. The number of unbranched alkanes of at least 4 members (excludes halogenated alkanes) is 1. The molecule has 0 aliphatic carbocycles. The average Bonchev–Trinajstić information content (AvgIpc) is 1.98. The predicted octanol–water partition coefficient (Wildman–Crippen LogP) is 1.93. The maximum absolute atomic E-state index is 10.5. The Hall–Kier alpha value is 0.563. The molecule has 4 heteroatoms. The molecule has 0 unspecified atom stereocenters. The Labute approximate surface area is 93.7 Å². The molecule has 0 rings (SSSR count). The van der Waals surface area contributed by atoms with Crippen LogP contribution in [0.1, 0.15) is 12.8 Å². The summed E-state index contributed by atoms with van der Waals surface area (Å²) < 4.78 is 5.53. The first-order valence-electron chi connectivity index (χ1n) is 3.11. The second-order valence-electron chi connectivity index (χ2n) is 1.76. The van der Waals surface area contributed by atoms with E-state index in [1.807, 2.05) is 6.08 Å². The Kier molecular flexibility index (Phi) is 13.5. The molecule has 58 valence electrons. The second kappa shape index (κ2) is 10.6. The zero-order chi connectivity index (χ0) is 7.82. The number of hydrogen-bond donors (Lipinski definition) is 0. The first kappa shape index (κ1) is 14.1. The van der Waals surface area contributed by atoms with Crippen molar-refractivity contribution in [3.05, 3.63) is 12.2 Å². The van der Waals surface area contributed by atoms with Crippen LogP contribution >= 0.6 is 22.6 Å². The van der Waals surface area contributed by atoms with Crippen LogP contribution in [-0.2, 0) is 29.0 Å². The molecule has 0 atom stereocenters. The van der Waals surface area contributed by atoms with Crippen molar-refractivity contribution in [1.29, 1.82) is 0 Å². The van der Waals surface area contributed by atoms with E-state index in [4.69, 9.17) is 0 Å². The van der Waals surface area contributed by atoms with Gasteiger partial charge in [0.15, 0.2) is 0 Å². The first-order chi connectivity index (χ1) is 4.81. The van der Waals surface area contributed by atoms with Gasteiger partial charge in [-0.25, -0.2) is 4.79 Å². The van der Waals surface area contributed by atoms with E-state index < -0.39 is 0 Å². The Balaban J connectivity index is 0. The number of ether oxygens (including phenoxy) is 1. The van der Waals surface area contributed by atoms with E-state index in [1.54, 1.807) is 0 Å². The number of methoxy groups -OCH3 is 1. The molecule has 0 aliphatic heterocycles. The quantitative estimate of drug-likeness (QED) is 0.198. The Morgan fingerprint density at radius 2 is 2.27 bits per heavy atom. The predicted molar refractivity (Wildman–Crippen MR) is 49.3 cm³/mol. The summed E-state index contributed by atoms with van der Waals surface area (Å²) in [6, 6.07) is 0. The zero-order valence-corrected chi connectivity index (χ0v) is 11.8. The smallest absolute Gasteiger partial charge is 0.466 e. The molecule has 0 amide bonds. The van der Waals surface area contributed by atoms with Crippen molar-refractivity contribution < 1.29 is 29.0 Å². The van der Waals surface area contributed by atoms with Gasteiger partial charge in [-0.2, -0.15) is 0 Å². The van der Waals surface area contributed by atoms with Crippen molar-refractivity contribution in [3.8, 4) is 0 Å². The van der Waals surface area contributed by atoms with Gasteiger partial charge in [0.1, 0.15) is 0 Å². The van der Waals surface area contributed by atoms with Gasteiger partial charge in [0, 0.05) is 6.08 Å². The second-order valence-corrected chi connectivity index (χ2v) is 2.84. The van der Waals surface area contributed by atoms with E-state index in [-0.39, 0.29) is 25.4 Å². The molecule has 0 saturated heterocycles. The summed E-state index contributed by atoms with van der Waals surface area (Å²) in [6.07, 6.45) is 5.38. The third kappa shape index (κ3) is 10.6. The third-order valence-corrected chi connectivity index (χ3v) is 1.72. The topological polar surface area (TPSA) is 26.3 Å².